The minimum Gasteiger partial charge on any atom is -0.381 e. The number of H-pyrrole nitrogens is 1. The molecular weight excluding hydrogens is 461 g/mol. The van der Waals surface area contributed by atoms with Gasteiger partial charge in [0.15, 0.2) is 5.82 Å². The second kappa shape index (κ2) is 8.68. The zero-order valence-electron chi connectivity index (χ0n) is 19.6. The first kappa shape index (κ1) is 22.1. The SMILES string of the molecule is C[C@@](O)(c1ccc(F)cc1)c1cnc(N2CCN(c3ncnn4cc(-c5cn[nH]c5)cc34)CC2)nc1. The van der Waals surface area contributed by atoms with Crippen molar-refractivity contribution in [2.75, 3.05) is 36.0 Å². The van der Waals surface area contributed by atoms with Gasteiger partial charge in [-0.15, -0.1) is 0 Å². The number of hydrogen-bond donors (Lipinski definition) is 2. The first-order chi connectivity index (χ1) is 17.5. The highest BCUT2D eigenvalue weighted by Crippen LogP contribution is 2.30. The molecule has 0 spiro atoms. The number of aromatic amines is 1. The van der Waals surface area contributed by atoms with Gasteiger partial charge in [-0.05, 0) is 30.7 Å². The third-order valence-electron chi connectivity index (χ3n) is 6.69. The molecule has 10 nitrogen and oxygen atoms in total. The van der Waals surface area contributed by atoms with Gasteiger partial charge in [0.05, 0.1) is 6.20 Å². The normalized spacial score (nSPS) is 15.9. The number of anilines is 2. The molecular formula is C25H24FN9O. The van der Waals surface area contributed by atoms with Gasteiger partial charge in [-0.1, -0.05) is 12.1 Å². The molecule has 5 aromatic rings. The van der Waals surface area contributed by atoms with E-state index in [0.29, 0.717) is 17.1 Å². The van der Waals surface area contributed by atoms with E-state index >= 15 is 0 Å². The lowest BCUT2D eigenvalue weighted by molar-refractivity contribution is 0.101. The summed E-state index contributed by atoms with van der Waals surface area (Å²) in [5, 5.41) is 22.3. The van der Waals surface area contributed by atoms with Gasteiger partial charge in [0.25, 0.3) is 0 Å². The van der Waals surface area contributed by atoms with E-state index in [1.807, 2.05) is 16.9 Å². The summed E-state index contributed by atoms with van der Waals surface area (Å²) in [4.78, 5) is 17.9. The van der Waals surface area contributed by atoms with Gasteiger partial charge >= 0.3 is 0 Å². The Morgan fingerprint density at radius 3 is 2.33 bits per heavy atom. The molecule has 5 heterocycles. The largest absolute Gasteiger partial charge is 0.381 e. The average molecular weight is 486 g/mol. The Hall–Kier alpha value is -4.38. The predicted octanol–water partition coefficient (Wildman–Crippen LogP) is 2.63. The van der Waals surface area contributed by atoms with Crippen molar-refractivity contribution in [3.05, 3.63) is 84.6 Å². The summed E-state index contributed by atoms with van der Waals surface area (Å²) in [6.45, 7) is 4.59. The van der Waals surface area contributed by atoms with Crippen molar-refractivity contribution in [1.29, 1.82) is 0 Å². The quantitative estimate of drug-likeness (QED) is 0.391. The number of piperazine rings is 1. The zero-order valence-corrected chi connectivity index (χ0v) is 19.6. The lowest BCUT2D eigenvalue weighted by Gasteiger charge is -2.35. The highest BCUT2D eigenvalue weighted by atomic mass is 19.1. The third kappa shape index (κ3) is 3.93. The molecule has 0 amide bonds. The smallest absolute Gasteiger partial charge is 0.225 e. The van der Waals surface area contributed by atoms with Gasteiger partial charge < -0.3 is 14.9 Å². The highest BCUT2D eigenvalue weighted by Gasteiger charge is 2.28. The van der Waals surface area contributed by atoms with Crippen LogP contribution in [0.15, 0.2) is 67.6 Å². The van der Waals surface area contributed by atoms with Crippen LogP contribution in [0.2, 0.25) is 0 Å². The van der Waals surface area contributed by atoms with E-state index in [0.717, 1.165) is 48.6 Å². The van der Waals surface area contributed by atoms with Gasteiger partial charge in [0, 0.05) is 67.7 Å². The first-order valence-corrected chi connectivity index (χ1v) is 11.6. The summed E-state index contributed by atoms with van der Waals surface area (Å²) in [6.07, 6.45) is 10.4. The number of aromatic nitrogens is 7. The van der Waals surface area contributed by atoms with Gasteiger partial charge in [0.2, 0.25) is 5.95 Å². The van der Waals surface area contributed by atoms with Crippen molar-refractivity contribution in [3.63, 3.8) is 0 Å². The second-order valence-corrected chi connectivity index (χ2v) is 8.95. The van der Waals surface area contributed by atoms with Crippen LogP contribution in [0, 0.1) is 5.82 Å². The van der Waals surface area contributed by atoms with Crippen LogP contribution < -0.4 is 9.80 Å². The van der Waals surface area contributed by atoms with Crippen LogP contribution in [0.5, 0.6) is 0 Å². The molecule has 4 aromatic heterocycles. The molecule has 0 saturated carbocycles. The number of nitrogens with zero attached hydrogens (tertiary/aromatic N) is 8. The van der Waals surface area contributed by atoms with Gasteiger partial charge in [-0.25, -0.2) is 23.9 Å². The summed E-state index contributed by atoms with van der Waals surface area (Å²) in [5.74, 6) is 1.13. The molecule has 2 N–H and O–H groups in total. The molecule has 1 atom stereocenters. The summed E-state index contributed by atoms with van der Waals surface area (Å²) in [7, 11) is 0. The number of halogens is 1. The zero-order chi connectivity index (χ0) is 24.7. The van der Waals surface area contributed by atoms with Crippen molar-refractivity contribution in [2.45, 2.75) is 12.5 Å². The van der Waals surface area contributed by atoms with Crippen LogP contribution in [0.25, 0.3) is 16.6 Å². The fraction of sp³-hybridized carbons (Fsp3) is 0.240. The van der Waals surface area contributed by atoms with Crippen LogP contribution in [-0.2, 0) is 5.60 Å². The molecule has 1 fully saturated rings. The van der Waals surface area contributed by atoms with E-state index in [1.54, 1.807) is 44.0 Å². The minimum atomic E-state index is -1.32. The molecule has 1 aliphatic rings. The lowest BCUT2D eigenvalue weighted by Crippen LogP contribution is -2.47. The number of nitrogens with one attached hydrogen (secondary N) is 1. The number of aliphatic hydroxyl groups is 1. The van der Waals surface area contributed by atoms with Crippen LogP contribution in [0.3, 0.4) is 0 Å². The molecule has 1 saturated heterocycles. The van der Waals surface area contributed by atoms with Crippen molar-refractivity contribution in [2.24, 2.45) is 0 Å². The van der Waals surface area contributed by atoms with Crippen LogP contribution in [0.4, 0.5) is 16.2 Å². The summed E-state index contributed by atoms with van der Waals surface area (Å²) >= 11 is 0. The molecule has 6 rings (SSSR count). The fourth-order valence-corrected chi connectivity index (χ4v) is 4.52. The van der Waals surface area contributed by atoms with E-state index in [2.05, 4.69) is 46.1 Å². The highest BCUT2D eigenvalue weighted by molar-refractivity contribution is 5.77. The second-order valence-electron chi connectivity index (χ2n) is 8.95. The van der Waals surface area contributed by atoms with Crippen LogP contribution in [0.1, 0.15) is 18.1 Å². The topological polar surface area (TPSA) is 111 Å². The number of benzene rings is 1. The summed E-state index contributed by atoms with van der Waals surface area (Å²) < 4.78 is 15.1. The number of hydrogen-bond acceptors (Lipinski definition) is 8. The van der Waals surface area contributed by atoms with Crippen molar-refractivity contribution in [1.82, 2.24) is 34.8 Å². The summed E-state index contributed by atoms with van der Waals surface area (Å²) in [6, 6.07) is 7.86. The van der Waals surface area contributed by atoms with Gasteiger partial charge in [0.1, 0.15) is 23.3 Å². The maximum Gasteiger partial charge on any atom is 0.225 e. The Bertz CT molecular complexity index is 1470. The molecule has 1 aliphatic heterocycles. The maximum atomic E-state index is 13.3. The van der Waals surface area contributed by atoms with Crippen LogP contribution >= 0.6 is 0 Å². The molecule has 0 aliphatic carbocycles. The Kier molecular flexibility index (Phi) is 5.33. The minimum absolute atomic E-state index is 0.349. The molecule has 0 radical (unpaired) electrons. The Balaban J connectivity index is 1.17. The van der Waals surface area contributed by atoms with E-state index in [-0.39, 0.29) is 5.82 Å². The number of rotatable bonds is 5. The monoisotopic (exact) mass is 485 g/mol. The van der Waals surface area contributed by atoms with E-state index in [1.165, 1.54) is 12.1 Å². The molecule has 0 unspecified atom stereocenters. The maximum absolute atomic E-state index is 13.3. The van der Waals surface area contributed by atoms with Gasteiger partial charge in [-0.3, -0.25) is 5.10 Å². The fourth-order valence-electron chi connectivity index (χ4n) is 4.52. The molecule has 1 aromatic carbocycles. The average Bonchev–Trinajstić information content (AvgIpc) is 3.59. The number of fused-ring (bicyclic) bond motifs is 1. The molecule has 182 valence electrons. The van der Waals surface area contributed by atoms with E-state index < -0.39 is 5.60 Å². The molecule has 0 bridgehead atoms. The Morgan fingerprint density at radius 1 is 0.917 bits per heavy atom. The van der Waals surface area contributed by atoms with Gasteiger partial charge in [-0.2, -0.15) is 10.2 Å². The van der Waals surface area contributed by atoms with Crippen molar-refractivity contribution in [3.8, 4) is 11.1 Å². The first-order valence-electron chi connectivity index (χ1n) is 11.6. The van der Waals surface area contributed by atoms with Crippen LogP contribution in [-0.4, -0.2) is 66.0 Å². The predicted molar refractivity (Wildman–Crippen MR) is 132 cm³/mol. The standard InChI is InChI=1S/C25H24FN9O/c1-25(36,19-2-4-21(26)5-3-19)20-13-27-24(28-14-20)34-8-6-33(7-9-34)23-22-10-17(18-11-30-31-12-18)15-35(22)32-16-29-23/h2-5,10-16,36H,6-9H2,1H3,(H,30,31)/t25-/m1/s1. The molecule has 11 heteroatoms. The lowest BCUT2D eigenvalue weighted by atomic mass is 9.90. The van der Waals surface area contributed by atoms with Crippen molar-refractivity contribution >= 4 is 17.3 Å². The Labute approximate surface area is 206 Å². The van der Waals surface area contributed by atoms with E-state index in [4.69, 9.17) is 0 Å². The third-order valence-corrected chi connectivity index (χ3v) is 6.69. The summed E-state index contributed by atoms with van der Waals surface area (Å²) in [5.41, 5.74) is 2.75. The Morgan fingerprint density at radius 2 is 1.64 bits per heavy atom. The van der Waals surface area contributed by atoms with E-state index in [9.17, 15) is 9.50 Å². The van der Waals surface area contributed by atoms with Crippen molar-refractivity contribution < 1.29 is 9.50 Å². The molecule has 36 heavy (non-hydrogen) atoms.